The monoisotopic (exact) mass is 237 g/mol. The van der Waals surface area contributed by atoms with Gasteiger partial charge in [-0.05, 0) is 59.9 Å². The molecule has 1 nitrogen and oxygen atoms in total. The molecule has 1 N–H and O–H groups in total. The molecule has 0 radical (unpaired) electrons. The Morgan fingerprint density at radius 2 is 2.12 bits per heavy atom. The van der Waals surface area contributed by atoms with E-state index in [9.17, 15) is 0 Å². The third kappa shape index (κ3) is 2.86. The van der Waals surface area contributed by atoms with Gasteiger partial charge >= 0.3 is 0 Å². The molecule has 0 aromatic carbocycles. The van der Waals surface area contributed by atoms with Gasteiger partial charge in [0.2, 0.25) is 0 Å². The molecule has 16 heavy (non-hydrogen) atoms. The lowest BCUT2D eigenvalue weighted by Gasteiger charge is -2.33. The van der Waals surface area contributed by atoms with E-state index < -0.39 is 0 Å². The van der Waals surface area contributed by atoms with E-state index in [0.29, 0.717) is 0 Å². The smallest absolute Gasteiger partial charge is 0.0219 e. The summed E-state index contributed by atoms with van der Waals surface area (Å²) < 4.78 is 0. The lowest BCUT2D eigenvalue weighted by Crippen LogP contribution is -2.38. The average molecular weight is 237 g/mol. The van der Waals surface area contributed by atoms with Crippen LogP contribution in [0.1, 0.15) is 44.2 Å². The Hall–Kier alpha value is -0.340. The van der Waals surface area contributed by atoms with Crippen molar-refractivity contribution >= 4 is 11.3 Å². The van der Waals surface area contributed by atoms with Crippen molar-refractivity contribution in [2.24, 2.45) is 11.8 Å². The maximum Gasteiger partial charge on any atom is 0.0219 e. The van der Waals surface area contributed by atoms with Gasteiger partial charge in [0, 0.05) is 12.6 Å². The zero-order valence-electron chi connectivity index (χ0n) is 10.6. The molecule has 1 aliphatic carbocycles. The number of nitrogens with one attached hydrogen (secondary N) is 1. The van der Waals surface area contributed by atoms with Gasteiger partial charge < -0.3 is 5.32 Å². The molecule has 0 bridgehead atoms. The Bertz CT molecular complexity index is 331. The van der Waals surface area contributed by atoms with E-state index >= 15 is 0 Å². The molecule has 2 rings (SSSR count). The second kappa shape index (κ2) is 5.33. The van der Waals surface area contributed by atoms with E-state index in [2.05, 4.69) is 36.8 Å². The van der Waals surface area contributed by atoms with Gasteiger partial charge in [-0.2, -0.15) is 11.3 Å². The Morgan fingerprint density at radius 1 is 1.31 bits per heavy atom. The third-order valence-corrected chi connectivity index (χ3v) is 4.86. The molecule has 1 saturated carbocycles. The summed E-state index contributed by atoms with van der Waals surface area (Å²) >= 11 is 1.81. The predicted molar refractivity (Wildman–Crippen MR) is 71.9 cm³/mol. The summed E-state index contributed by atoms with van der Waals surface area (Å²) in [6.07, 6.45) is 4.14. The van der Waals surface area contributed by atoms with E-state index in [0.717, 1.165) is 24.4 Å². The van der Waals surface area contributed by atoms with Gasteiger partial charge in [0.1, 0.15) is 0 Å². The molecule has 0 aliphatic heterocycles. The average Bonchev–Trinajstić information content (AvgIpc) is 2.63. The lowest BCUT2D eigenvalue weighted by molar-refractivity contribution is 0.227. The topological polar surface area (TPSA) is 12.0 Å². The van der Waals surface area contributed by atoms with E-state index in [4.69, 9.17) is 0 Å². The lowest BCUT2D eigenvalue weighted by atomic mass is 9.80. The molecule has 0 amide bonds. The highest BCUT2D eigenvalue weighted by atomic mass is 32.1. The quantitative estimate of drug-likeness (QED) is 0.838. The fourth-order valence-electron chi connectivity index (χ4n) is 2.78. The standard InChI is InChI=1S/C14H23NS/c1-10-4-5-14(11(2)6-10)15-7-13-9-16-8-12(13)3/h8-11,14-15H,4-7H2,1-3H3. The zero-order chi connectivity index (χ0) is 11.5. The summed E-state index contributed by atoms with van der Waals surface area (Å²) in [5.74, 6) is 1.76. The van der Waals surface area contributed by atoms with Crippen LogP contribution >= 0.6 is 11.3 Å². The van der Waals surface area contributed by atoms with Crippen LogP contribution in [0.5, 0.6) is 0 Å². The Labute approximate surface area is 103 Å². The van der Waals surface area contributed by atoms with E-state index in [1.807, 2.05) is 11.3 Å². The van der Waals surface area contributed by atoms with E-state index in [1.165, 1.54) is 30.4 Å². The van der Waals surface area contributed by atoms with E-state index in [1.54, 1.807) is 0 Å². The van der Waals surface area contributed by atoms with Crippen LogP contribution in [0.2, 0.25) is 0 Å². The zero-order valence-corrected chi connectivity index (χ0v) is 11.4. The van der Waals surface area contributed by atoms with Gasteiger partial charge in [-0.3, -0.25) is 0 Å². The molecule has 1 aromatic heterocycles. The Balaban J connectivity index is 1.84. The molecule has 0 saturated heterocycles. The molecule has 1 fully saturated rings. The van der Waals surface area contributed by atoms with Gasteiger partial charge in [0.25, 0.3) is 0 Å². The number of hydrogen-bond donors (Lipinski definition) is 1. The van der Waals surface area contributed by atoms with Crippen molar-refractivity contribution in [1.82, 2.24) is 5.32 Å². The van der Waals surface area contributed by atoms with E-state index in [-0.39, 0.29) is 0 Å². The third-order valence-electron chi connectivity index (χ3n) is 3.95. The molecular formula is C14H23NS. The summed E-state index contributed by atoms with van der Waals surface area (Å²) in [4.78, 5) is 0. The minimum Gasteiger partial charge on any atom is -0.310 e. The molecular weight excluding hydrogens is 214 g/mol. The van der Waals surface area contributed by atoms with Gasteiger partial charge in [0.15, 0.2) is 0 Å². The van der Waals surface area contributed by atoms with Crippen LogP contribution in [-0.2, 0) is 6.54 Å². The van der Waals surface area contributed by atoms with Gasteiger partial charge in [-0.1, -0.05) is 13.8 Å². The molecule has 0 spiro atoms. The first-order valence-electron chi connectivity index (χ1n) is 6.42. The highest BCUT2D eigenvalue weighted by molar-refractivity contribution is 7.08. The van der Waals surface area contributed by atoms with Crippen LogP contribution in [-0.4, -0.2) is 6.04 Å². The van der Waals surface area contributed by atoms with Gasteiger partial charge in [-0.25, -0.2) is 0 Å². The number of thiophene rings is 1. The molecule has 2 heteroatoms. The highest BCUT2D eigenvalue weighted by Gasteiger charge is 2.24. The number of hydrogen-bond acceptors (Lipinski definition) is 2. The van der Waals surface area contributed by atoms with Crippen molar-refractivity contribution in [1.29, 1.82) is 0 Å². The predicted octanol–water partition coefficient (Wildman–Crippen LogP) is 3.97. The minimum absolute atomic E-state index is 0.732. The fourth-order valence-corrected chi connectivity index (χ4v) is 3.63. The Kier molecular flexibility index (Phi) is 4.04. The fraction of sp³-hybridized carbons (Fsp3) is 0.714. The van der Waals surface area contributed by atoms with Crippen LogP contribution in [0.4, 0.5) is 0 Å². The van der Waals surface area contributed by atoms with Crippen molar-refractivity contribution < 1.29 is 0 Å². The second-order valence-electron chi connectivity index (χ2n) is 5.46. The number of aryl methyl sites for hydroxylation is 1. The summed E-state index contributed by atoms with van der Waals surface area (Å²) in [5.41, 5.74) is 2.92. The van der Waals surface area contributed by atoms with Crippen molar-refractivity contribution in [3.63, 3.8) is 0 Å². The SMILES string of the molecule is Cc1cscc1CNC1CCC(C)CC1C. The molecule has 3 unspecified atom stereocenters. The van der Waals surface area contributed by atoms with Crippen LogP contribution in [0, 0.1) is 18.8 Å². The summed E-state index contributed by atoms with van der Waals surface area (Å²) in [5, 5.41) is 8.26. The molecule has 90 valence electrons. The minimum atomic E-state index is 0.732. The van der Waals surface area contributed by atoms with Crippen molar-refractivity contribution in [2.75, 3.05) is 0 Å². The van der Waals surface area contributed by atoms with Crippen molar-refractivity contribution in [3.05, 3.63) is 21.9 Å². The van der Waals surface area contributed by atoms with Crippen LogP contribution in [0.25, 0.3) is 0 Å². The molecule has 1 aromatic rings. The summed E-state index contributed by atoms with van der Waals surface area (Å²) in [6, 6.07) is 0.732. The number of rotatable bonds is 3. The normalized spacial score (nSPS) is 30.6. The van der Waals surface area contributed by atoms with Crippen LogP contribution in [0.3, 0.4) is 0 Å². The highest BCUT2D eigenvalue weighted by Crippen LogP contribution is 2.29. The van der Waals surface area contributed by atoms with Crippen molar-refractivity contribution in [2.45, 2.75) is 52.6 Å². The largest absolute Gasteiger partial charge is 0.310 e. The summed E-state index contributed by atoms with van der Waals surface area (Å²) in [6.45, 7) is 8.04. The molecule has 1 heterocycles. The summed E-state index contributed by atoms with van der Waals surface area (Å²) in [7, 11) is 0. The molecule has 1 aliphatic rings. The van der Waals surface area contributed by atoms with Gasteiger partial charge in [-0.15, -0.1) is 0 Å². The maximum atomic E-state index is 3.74. The first-order chi connectivity index (χ1) is 7.66. The van der Waals surface area contributed by atoms with Crippen molar-refractivity contribution in [3.8, 4) is 0 Å². The van der Waals surface area contributed by atoms with Crippen LogP contribution in [0.15, 0.2) is 10.8 Å². The molecule has 3 atom stereocenters. The first-order valence-corrected chi connectivity index (χ1v) is 7.36. The second-order valence-corrected chi connectivity index (χ2v) is 6.21. The van der Waals surface area contributed by atoms with Crippen LogP contribution < -0.4 is 5.32 Å². The first kappa shape index (κ1) is 12.1. The Morgan fingerprint density at radius 3 is 2.75 bits per heavy atom. The maximum absolute atomic E-state index is 3.74. The van der Waals surface area contributed by atoms with Gasteiger partial charge in [0.05, 0.1) is 0 Å².